The molecule has 0 saturated carbocycles. The number of alkyl halides is 3. The number of aryl methyl sites for hydroxylation is 1. The predicted octanol–water partition coefficient (Wildman–Crippen LogP) is 2.26. The minimum atomic E-state index is -4.20. The smallest absolute Gasteiger partial charge is 0.339 e. The van der Waals surface area contributed by atoms with Crippen LogP contribution in [-0.4, -0.2) is 22.9 Å². The summed E-state index contributed by atoms with van der Waals surface area (Å²) in [4.78, 5) is 3.95. The minimum absolute atomic E-state index is 0.0800. The number of rotatable bonds is 5. The predicted molar refractivity (Wildman–Crippen MR) is 55.3 cm³/mol. The second-order valence-electron chi connectivity index (χ2n) is 4.25. The number of hydrogen-bond acceptors (Lipinski definition) is 4. The molecule has 1 rings (SSSR count). The highest BCUT2D eigenvalue weighted by Crippen LogP contribution is 2.24. The third kappa shape index (κ3) is 4.33. The van der Waals surface area contributed by atoms with Gasteiger partial charge in [-0.15, -0.1) is 0 Å². The van der Waals surface area contributed by atoms with Crippen LogP contribution in [0, 0.1) is 5.92 Å². The molecule has 1 aromatic rings. The Morgan fingerprint density at radius 3 is 2.47 bits per heavy atom. The SMILES string of the molecule is CC(C)C(CN)c1nc(CCC(F)(F)F)no1. The average molecular weight is 251 g/mol. The second-order valence-corrected chi connectivity index (χ2v) is 4.25. The first kappa shape index (κ1) is 14.0. The molecule has 98 valence electrons. The van der Waals surface area contributed by atoms with E-state index in [2.05, 4.69) is 10.1 Å². The summed E-state index contributed by atoms with van der Waals surface area (Å²) in [6.07, 6.45) is -5.41. The van der Waals surface area contributed by atoms with Crippen LogP contribution >= 0.6 is 0 Å². The van der Waals surface area contributed by atoms with Gasteiger partial charge in [-0.1, -0.05) is 19.0 Å². The lowest BCUT2D eigenvalue weighted by atomic mass is 9.96. The molecule has 0 amide bonds. The van der Waals surface area contributed by atoms with Crippen molar-refractivity contribution in [3.8, 4) is 0 Å². The van der Waals surface area contributed by atoms with Gasteiger partial charge in [0.25, 0.3) is 0 Å². The number of halogens is 3. The lowest BCUT2D eigenvalue weighted by Gasteiger charge is -2.13. The summed E-state index contributed by atoms with van der Waals surface area (Å²) in [5, 5.41) is 3.53. The molecule has 1 unspecified atom stereocenters. The van der Waals surface area contributed by atoms with Gasteiger partial charge >= 0.3 is 6.18 Å². The topological polar surface area (TPSA) is 64.9 Å². The maximum atomic E-state index is 12.0. The maximum Gasteiger partial charge on any atom is 0.389 e. The standard InChI is InChI=1S/C10H16F3N3O/c1-6(2)7(5-14)9-15-8(16-17-9)3-4-10(11,12)13/h6-7H,3-5,14H2,1-2H3. The van der Waals surface area contributed by atoms with E-state index >= 15 is 0 Å². The maximum absolute atomic E-state index is 12.0. The molecule has 0 radical (unpaired) electrons. The van der Waals surface area contributed by atoms with Crippen molar-refractivity contribution in [2.24, 2.45) is 11.7 Å². The van der Waals surface area contributed by atoms with Gasteiger partial charge in [0, 0.05) is 13.0 Å². The van der Waals surface area contributed by atoms with Gasteiger partial charge in [0.15, 0.2) is 5.82 Å². The van der Waals surface area contributed by atoms with Crippen LogP contribution in [0.5, 0.6) is 0 Å². The summed E-state index contributed by atoms with van der Waals surface area (Å²) in [6, 6.07) is 0. The molecule has 0 aliphatic carbocycles. The van der Waals surface area contributed by atoms with Gasteiger partial charge in [0.2, 0.25) is 5.89 Å². The lowest BCUT2D eigenvalue weighted by molar-refractivity contribution is -0.134. The Balaban J connectivity index is 2.64. The van der Waals surface area contributed by atoms with Crippen molar-refractivity contribution in [1.29, 1.82) is 0 Å². The van der Waals surface area contributed by atoms with E-state index in [1.807, 2.05) is 13.8 Å². The Kier molecular flexibility index (Phi) is 4.50. The molecule has 0 saturated heterocycles. The fraction of sp³-hybridized carbons (Fsp3) is 0.800. The van der Waals surface area contributed by atoms with Crippen LogP contribution in [0.3, 0.4) is 0 Å². The zero-order valence-corrected chi connectivity index (χ0v) is 9.79. The Labute approximate surface area is 97.4 Å². The van der Waals surface area contributed by atoms with Crippen LogP contribution in [-0.2, 0) is 6.42 Å². The summed E-state index contributed by atoms with van der Waals surface area (Å²) in [5.74, 6) is 0.495. The first-order valence-electron chi connectivity index (χ1n) is 5.42. The van der Waals surface area contributed by atoms with E-state index in [0.717, 1.165) is 0 Å². The fourth-order valence-corrected chi connectivity index (χ4v) is 1.43. The molecule has 17 heavy (non-hydrogen) atoms. The van der Waals surface area contributed by atoms with E-state index in [0.29, 0.717) is 12.4 Å². The Morgan fingerprint density at radius 2 is 2.00 bits per heavy atom. The lowest BCUT2D eigenvalue weighted by Crippen LogP contribution is -2.18. The molecular formula is C10H16F3N3O. The van der Waals surface area contributed by atoms with Crippen molar-refractivity contribution in [1.82, 2.24) is 10.1 Å². The van der Waals surface area contributed by atoms with Gasteiger partial charge in [0.05, 0.1) is 12.3 Å². The first-order chi connectivity index (χ1) is 7.83. The molecule has 0 fully saturated rings. The van der Waals surface area contributed by atoms with E-state index in [-0.39, 0.29) is 24.1 Å². The van der Waals surface area contributed by atoms with Crippen LogP contribution < -0.4 is 5.73 Å². The first-order valence-corrected chi connectivity index (χ1v) is 5.42. The van der Waals surface area contributed by atoms with E-state index in [1.54, 1.807) is 0 Å². The molecule has 7 heteroatoms. The number of nitrogens with zero attached hydrogens (tertiary/aromatic N) is 2. The van der Waals surface area contributed by atoms with E-state index in [1.165, 1.54) is 0 Å². The minimum Gasteiger partial charge on any atom is -0.339 e. The summed E-state index contributed by atoms with van der Waals surface area (Å²) in [6.45, 7) is 4.22. The zero-order chi connectivity index (χ0) is 13.1. The number of nitrogens with two attached hydrogens (primary N) is 1. The molecule has 1 aromatic heterocycles. The highest BCUT2D eigenvalue weighted by atomic mass is 19.4. The van der Waals surface area contributed by atoms with E-state index < -0.39 is 12.6 Å². The fourth-order valence-electron chi connectivity index (χ4n) is 1.43. The van der Waals surface area contributed by atoms with Crippen LogP contribution in [0.25, 0.3) is 0 Å². The van der Waals surface area contributed by atoms with Gasteiger partial charge in [-0.25, -0.2) is 0 Å². The quantitative estimate of drug-likeness (QED) is 0.871. The second kappa shape index (κ2) is 5.48. The van der Waals surface area contributed by atoms with Crippen LogP contribution in [0.15, 0.2) is 4.52 Å². The summed E-state index contributed by atoms with van der Waals surface area (Å²) < 4.78 is 40.9. The van der Waals surface area contributed by atoms with Crippen LogP contribution in [0.4, 0.5) is 13.2 Å². The van der Waals surface area contributed by atoms with E-state index in [9.17, 15) is 13.2 Å². The van der Waals surface area contributed by atoms with Crippen molar-refractivity contribution >= 4 is 0 Å². The molecule has 0 aliphatic heterocycles. The van der Waals surface area contributed by atoms with Crippen LogP contribution in [0.1, 0.15) is 37.9 Å². The molecule has 0 aromatic carbocycles. The zero-order valence-electron chi connectivity index (χ0n) is 9.79. The number of aromatic nitrogens is 2. The van der Waals surface area contributed by atoms with Gasteiger partial charge in [-0.05, 0) is 5.92 Å². The van der Waals surface area contributed by atoms with Crippen molar-refractivity contribution in [3.05, 3.63) is 11.7 Å². The molecule has 0 aliphatic rings. The molecule has 0 spiro atoms. The molecule has 2 N–H and O–H groups in total. The largest absolute Gasteiger partial charge is 0.389 e. The van der Waals surface area contributed by atoms with Gasteiger partial charge in [-0.3, -0.25) is 0 Å². The summed E-state index contributed by atoms with van der Waals surface area (Å²) in [7, 11) is 0. The molecular weight excluding hydrogens is 235 g/mol. The van der Waals surface area contributed by atoms with Gasteiger partial charge in [-0.2, -0.15) is 18.2 Å². The molecule has 1 atom stereocenters. The van der Waals surface area contributed by atoms with Gasteiger partial charge in [0.1, 0.15) is 0 Å². The normalized spacial score (nSPS) is 14.3. The van der Waals surface area contributed by atoms with Crippen molar-refractivity contribution in [3.63, 3.8) is 0 Å². The number of hydrogen-bond donors (Lipinski definition) is 1. The summed E-state index contributed by atoms with van der Waals surface area (Å²) >= 11 is 0. The van der Waals surface area contributed by atoms with Crippen LogP contribution in [0.2, 0.25) is 0 Å². The van der Waals surface area contributed by atoms with Crippen molar-refractivity contribution in [2.75, 3.05) is 6.54 Å². The van der Waals surface area contributed by atoms with Crippen molar-refractivity contribution < 1.29 is 17.7 Å². The summed E-state index contributed by atoms with van der Waals surface area (Å²) in [5.41, 5.74) is 5.55. The highest BCUT2D eigenvalue weighted by molar-refractivity contribution is 4.96. The van der Waals surface area contributed by atoms with Gasteiger partial charge < -0.3 is 10.3 Å². The Bertz CT molecular complexity index is 349. The molecule has 4 nitrogen and oxygen atoms in total. The van der Waals surface area contributed by atoms with Crippen molar-refractivity contribution in [2.45, 2.75) is 38.8 Å². The highest BCUT2D eigenvalue weighted by Gasteiger charge is 2.28. The Hall–Kier alpha value is -1.11. The molecule has 0 bridgehead atoms. The average Bonchev–Trinajstić information content (AvgIpc) is 2.63. The monoisotopic (exact) mass is 251 g/mol. The third-order valence-electron chi connectivity index (χ3n) is 2.49. The Morgan fingerprint density at radius 1 is 1.35 bits per heavy atom. The third-order valence-corrected chi connectivity index (χ3v) is 2.49. The molecule has 1 heterocycles. The van der Waals surface area contributed by atoms with E-state index in [4.69, 9.17) is 10.3 Å².